The molecule has 0 spiro atoms. The molecular weight excluding hydrogens is 224 g/mol. The van der Waals surface area contributed by atoms with Gasteiger partial charge >= 0.3 is 0 Å². The van der Waals surface area contributed by atoms with E-state index in [2.05, 4.69) is 0 Å². The minimum absolute atomic E-state index is 0.196. The van der Waals surface area contributed by atoms with Gasteiger partial charge in [0.05, 0.1) is 13.2 Å². The van der Waals surface area contributed by atoms with Crippen LogP contribution < -0.4 is 0 Å². The van der Waals surface area contributed by atoms with Crippen LogP contribution in [0.4, 0.5) is 0 Å². The Kier molecular flexibility index (Phi) is 5.97. The lowest BCUT2D eigenvalue weighted by Crippen LogP contribution is -2.58. The maximum atomic E-state index is 10.4. The summed E-state index contributed by atoms with van der Waals surface area (Å²) in [4.78, 5) is 10.4. The molecule has 0 fully saturated rings. The van der Waals surface area contributed by atoms with Gasteiger partial charge in [0.2, 0.25) is 0 Å². The summed E-state index contributed by atoms with van der Waals surface area (Å²) < 4.78 is 0. The number of hydrogen-bond acceptors (Lipinski definition) is 8. The van der Waals surface area contributed by atoms with E-state index >= 15 is 0 Å². The van der Waals surface area contributed by atoms with Gasteiger partial charge in [0, 0.05) is 0 Å². The summed E-state index contributed by atoms with van der Waals surface area (Å²) in [5.41, 5.74) is -2.64. The van der Waals surface area contributed by atoms with E-state index in [9.17, 15) is 25.2 Å². The molecule has 0 aromatic heterocycles. The van der Waals surface area contributed by atoms with Crippen molar-refractivity contribution in [3.8, 4) is 0 Å². The fraction of sp³-hybridized carbons (Fsp3) is 0.875. The molecule has 0 aromatic rings. The fourth-order valence-electron chi connectivity index (χ4n) is 1.02. The van der Waals surface area contributed by atoms with Crippen molar-refractivity contribution in [2.75, 3.05) is 13.2 Å². The van der Waals surface area contributed by atoms with Crippen LogP contribution in [0, 0.1) is 0 Å². The summed E-state index contributed by atoms with van der Waals surface area (Å²) in [6.07, 6.45) is -8.23. The Bertz CT molecular complexity index is 222. The molecule has 7 N–H and O–H groups in total. The lowest BCUT2D eigenvalue weighted by molar-refractivity contribution is -0.182. The lowest BCUT2D eigenvalue weighted by Gasteiger charge is -2.32. The first-order chi connectivity index (χ1) is 7.33. The largest absolute Gasteiger partial charge is 0.394 e. The molecule has 0 unspecified atom stereocenters. The van der Waals surface area contributed by atoms with E-state index in [0.29, 0.717) is 0 Å². The van der Waals surface area contributed by atoms with Crippen LogP contribution in [0.5, 0.6) is 0 Å². The molecule has 0 aliphatic heterocycles. The minimum Gasteiger partial charge on any atom is -0.394 e. The predicted octanol–water partition coefficient (Wildman–Crippen LogP) is -4.66. The van der Waals surface area contributed by atoms with Crippen molar-refractivity contribution in [2.45, 2.75) is 30.0 Å². The summed E-state index contributed by atoms with van der Waals surface area (Å²) in [5.74, 6) is 0. The molecule has 16 heavy (non-hydrogen) atoms. The average Bonchev–Trinajstić information content (AvgIpc) is 2.33. The zero-order valence-corrected chi connectivity index (χ0v) is 8.34. The fourth-order valence-corrected chi connectivity index (χ4v) is 1.02. The zero-order valence-electron chi connectivity index (χ0n) is 8.34. The molecule has 0 radical (unpaired) electrons. The highest BCUT2D eigenvalue weighted by Gasteiger charge is 2.43. The standard InChI is InChI=1S/C8H16O8/c9-1-4(12)5(13)6(14)7(15)8(16,2-10)3-11/h2,4-7,9,11-16H,1,3H2/t4-,5-,6+,7-,8-/m1/s1. The monoisotopic (exact) mass is 240 g/mol. The van der Waals surface area contributed by atoms with Gasteiger partial charge in [-0.2, -0.15) is 0 Å². The lowest BCUT2D eigenvalue weighted by atomic mass is 9.90. The third-order valence-electron chi connectivity index (χ3n) is 2.22. The first-order valence-corrected chi connectivity index (χ1v) is 4.46. The Balaban J connectivity index is 4.71. The zero-order chi connectivity index (χ0) is 12.9. The molecule has 0 saturated heterocycles. The molecule has 0 aliphatic rings. The summed E-state index contributed by atoms with van der Waals surface area (Å²) in [5, 5.41) is 63.1. The van der Waals surface area contributed by atoms with Crippen molar-refractivity contribution >= 4 is 6.29 Å². The second-order valence-corrected chi connectivity index (χ2v) is 3.44. The molecule has 0 bridgehead atoms. The van der Waals surface area contributed by atoms with E-state index in [-0.39, 0.29) is 6.29 Å². The molecule has 0 rings (SSSR count). The van der Waals surface area contributed by atoms with Crippen LogP contribution in [0.25, 0.3) is 0 Å². The van der Waals surface area contributed by atoms with Gasteiger partial charge < -0.3 is 35.7 Å². The number of aliphatic hydroxyl groups is 7. The van der Waals surface area contributed by atoms with Crippen LogP contribution in [0.3, 0.4) is 0 Å². The molecule has 0 aromatic carbocycles. The summed E-state index contributed by atoms with van der Waals surface area (Å²) in [6, 6.07) is 0. The summed E-state index contributed by atoms with van der Waals surface area (Å²) in [7, 11) is 0. The first kappa shape index (κ1) is 15.4. The second-order valence-electron chi connectivity index (χ2n) is 3.44. The molecular formula is C8H16O8. The van der Waals surface area contributed by atoms with Gasteiger partial charge in [0.1, 0.15) is 24.4 Å². The van der Waals surface area contributed by atoms with E-state index in [1.807, 2.05) is 0 Å². The van der Waals surface area contributed by atoms with Crippen LogP contribution in [-0.4, -0.2) is 85.3 Å². The van der Waals surface area contributed by atoms with E-state index in [1.165, 1.54) is 0 Å². The molecule has 0 saturated carbocycles. The Hall–Kier alpha value is -0.610. The van der Waals surface area contributed by atoms with Crippen molar-refractivity contribution in [3.05, 3.63) is 0 Å². The van der Waals surface area contributed by atoms with Gasteiger partial charge in [0.25, 0.3) is 0 Å². The van der Waals surface area contributed by atoms with Crippen LogP contribution in [0.1, 0.15) is 0 Å². The van der Waals surface area contributed by atoms with Crippen LogP contribution in [0.2, 0.25) is 0 Å². The van der Waals surface area contributed by atoms with E-state index in [4.69, 9.17) is 15.3 Å². The second kappa shape index (κ2) is 6.21. The number of carbonyl (C=O) groups excluding carboxylic acids is 1. The number of aliphatic hydroxyl groups excluding tert-OH is 6. The topological polar surface area (TPSA) is 159 Å². The molecule has 8 heteroatoms. The molecule has 96 valence electrons. The highest BCUT2D eigenvalue weighted by Crippen LogP contribution is 2.15. The number of rotatable bonds is 7. The molecule has 0 aliphatic carbocycles. The SMILES string of the molecule is O=C[C@@](O)(CO)[C@H](O)[C@@H](O)[C@H](O)[C@H](O)CO. The maximum Gasteiger partial charge on any atom is 0.171 e. The Morgan fingerprint density at radius 1 is 1.06 bits per heavy atom. The highest BCUT2D eigenvalue weighted by molar-refractivity contribution is 5.63. The number of aldehydes is 1. The van der Waals surface area contributed by atoms with Crippen LogP contribution in [0.15, 0.2) is 0 Å². The maximum absolute atomic E-state index is 10.4. The van der Waals surface area contributed by atoms with Gasteiger partial charge in [-0.25, -0.2) is 0 Å². The third kappa shape index (κ3) is 3.19. The van der Waals surface area contributed by atoms with Gasteiger partial charge in [-0.05, 0) is 0 Å². The predicted molar refractivity (Wildman–Crippen MR) is 49.2 cm³/mol. The van der Waals surface area contributed by atoms with Gasteiger partial charge in [-0.3, -0.25) is 4.79 Å². The summed E-state index contributed by atoms with van der Waals surface area (Å²) >= 11 is 0. The van der Waals surface area contributed by atoms with Gasteiger partial charge in [-0.15, -0.1) is 0 Å². The van der Waals surface area contributed by atoms with Crippen molar-refractivity contribution < 1.29 is 40.5 Å². The molecule has 8 nitrogen and oxygen atoms in total. The van der Waals surface area contributed by atoms with E-state index in [1.54, 1.807) is 0 Å². The normalized spacial score (nSPS) is 22.9. The molecule has 0 amide bonds. The van der Waals surface area contributed by atoms with Crippen molar-refractivity contribution in [1.29, 1.82) is 0 Å². The highest BCUT2D eigenvalue weighted by atomic mass is 16.4. The Morgan fingerprint density at radius 2 is 1.56 bits per heavy atom. The van der Waals surface area contributed by atoms with Crippen molar-refractivity contribution in [2.24, 2.45) is 0 Å². The van der Waals surface area contributed by atoms with E-state index < -0.39 is 43.2 Å². The minimum atomic E-state index is -2.64. The molecule has 5 atom stereocenters. The van der Waals surface area contributed by atoms with E-state index in [0.717, 1.165) is 0 Å². The number of carbonyl (C=O) groups is 1. The average molecular weight is 240 g/mol. The molecule has 0 heterocycles. The van der Waals surface area contributed by atoms with Gasteiger partial charge in [0.15, 0.2) is 11.9 Å². The Morgan fingerprint density at radius 3 is 1.88 bits per heavy atom. The van der Waals surface area contributed by atoms with Crippen molar-refractivity contribution in [3.63, 3.8) is 0 Å². The third-order valence-corrected chi connectivity index (χ3v) is 2.22. The van der Waals surface area contributed by atoms with Gasteiger partial charge in [-0.1, -0.05) is 0 Å². The summed E-state index contributed by atoms with van der Waals surface area (Å²) in [6.45, 7) is -2.06. The van der Waals surface area contributed by atoms with Crippen LogP contribution >= 0.6 is 0 Å². The quantitative estimate of drug-likeness (QED) is 0.219. The number of hydrogen-bond donors (Lipinski definition) is 7. The van der Waals surface area contributed by atoms with Crippen molar-refractivity contribution in [1.82, 2.24) is 0 Å². The smallest absolute Gasteiger partial charge is 0.171 e. The van der Waals surface area contributed by atoms with Crippen LogP contribution in [-0.2, 0) is 4.79 Å². The Labute approximate surface area is 91.0 Å². The first-order valence-electron chi connectivity index (χ1n) is 4.46.